The third-order valence-corrected chi connectivity index (χ3v) is 6.52. The quantitative estimate of drug-likeness (QED) is 0.313. The van der Waals surface area contributed by atoms with E-state index in [9.17, 15) is 14.7 Å². The van der Waals surface area contributed by atoms with Crippen LogP contribution in [0.4, 0.5) is 5.82 Å². The average molecular weight is 502 g/mol. The Bertz CT molecular complexity index is 1550. The number of carbonyl (C=O) groups is 2. The number of rotatable bonds is 5. The number of anilines is 1. The van der Waals surface area contributed by atoms with Crippen molar-refractivity contribution in [3.05, 3.63) is 143 Å². The van der Waals surface area contributed by atoms with Crippen LogP contribution in [-0.2, 0) is 10.4 Å². The molecule has 0 unspecified atom stereocenters. The molecule has 0 aliphatic rings. The van der Waals surface area contributed by atoms with Crippen LogP contribution in [0.1, 0.15) is 32.6 Å². The molecule has 0 bridgehead atoms. The predicted molar refractivity (Wildman–Crippen MR) is 148 cm³/mol. The Morgan fingerprint density at radius 3 is 1.87 bits per heavy atom. The zero-order chi connectivity index (χ0) is 26.7. The average Bonchev–Trinajstić information content (AvgIpc) is 2.96. The number of hydrogen-bond donors (Lipinski definition) is 2. The van der Waals surface area contributed by atoms with Gasteiger partial charge in [-0.1, -0.05) is 96.1 Å². The monoisotopic (exact) mass is 501 g/mol. The largest absolute Gasteiger partial charge is 0.372 e. The number of hydrogen-bond acceptors (Lipinski definition) is 4. The van der Waals surface area contributed by atoms with Gasteiger partial charge in [-0.3, -0.25) is 15.0 Å². The molecule has 6 nitrogen and oxygen atoms in total. The minimum Gasteiger partial charge on any atom is -0.372 e. The summed E-state index contributed by atoms with van der Waals surface area (Å²) in [5.41, 5.74) is 4.37. The van der Waals surface area contributed by atoms with Gasteiger partial charge in [-0.2, -0.15) is 5.01 Å². The Morgan fingerprint density at radius 2 is 1.26 bits per heavy atom. The number of para-hydroxylation sites is 1. The SMILES string of the molecule is Cc1ccc(C(O)(C(=O)NN(C(=O)c2ccccc2)c2ccc3ccccc3n2)c2ccc(C)cc2)cc1. The summed E-state index contributed by atoms with van der Waals surface area (Å²) in [5, 5.41) is 14.0. The highest BCUT2D eigenvalue weighted by molar-refractivity contribution is 6.08. The van der Waals surface area contributed by atoms with Gasteiger partial charge in [-0.25, -0.2) is 4.98 Å². The van der Waals surface area contributed by atoms with Crippen molar-refractivity contribution in [1.29, 1.82) is 0 Å². The smallest absolute Gasteiger partial charge is 0.280 e. The molecule has 5 aromatic rings. The Kier molecular flexibility index (Phi) is 6.73. The maximum absolute atomic E-state index is 14.0. The highest BCUT2D eigenvalue weighted by atomic mass is 16.3. The van der Waals surface area contributed by atoms with Gasteiger partial charge in [0.1, 0.15) is 0 Å². The molecule has 5 rings (SSSR count). The summed E-state index contributed by atoms with van der Waals surface area (Å²) in [6.07, 6.45) is 0. The highest BCUT2D eigenvalue weighted by Crippen LogP contribution is 2.31. The number of aliphatic hydroxyl groups is 1. The zero-order valence-electron chi connectivity index (χ0n) is 21.1. The lowest BCUT2D eigenvalue weighted by Gasteiger charge is -2.31. The maximum Gasteiger partial charge on any atom is 0.280 e. The lowest BCUT2D eigenvalue weighted by molar-refractivity contribution is -0.136. The molecule has 0 aliphatic carbocycles. The standard InChI is InChI=1S/C32H27N3O3/c1-22-12-17-26(18-13-22)32(38,27-19-14-23(2)15-20-27)31(37)34-35(30(36)25-9-4-3-5-10-25)29-21-16-24-8-6-7-11-28(24)33-29/h3-21,38H,1-2H3,(H,34,37). The van der Waals surface area contributed by atoms with Crippen LogP contribution >= 0.6 is 0 Å². The number of carbonyl (C=O) groups excluding carboxylic acids is 2. The molecule has 1 heterocycles. The van der Waals surface area contributed by atoms with Gasteiger partial charge in [-0.05, 0) is 55.3 Å². The number of aromatic nitrogens is 1. The molecular formula is C32H27N3O3. The maximum atomic E-state index is 14.0. The molecule has 4 aromatic carbocycles. The lowest BCUT2D eigenvalue weighted by Crippen LogP contribution is -2.55. The fourth-order valence-corrected chi connectivity index (χ4v) is 4.30. The van der Waals surface area contributed by atoms with Crippen molar-refractivity contribution < 1.29 is 14.7 Å². The molecule has 1 aromatic heterocycles. The molecule has 38 heavy (non-hydrogen) atoms. The van der Waals surface area contributed by atoms with E-state index in [-0.39, 0.29) is 5.82 Å². The molecule has 0 atom stereocenters. The van der Waals surface area contributed by atoms with Crippen LogP contribution in [-0.4, -0.2) is 21.9 Å². The van der Waals surface area contributed by atoms with Gasteiger partial charge < -0.3 is 5.11 Å². The van der Waals surface area contributed by atoms with E-state index in [1.54, 1.807) is 54.6 Å². The van der Waals surface area contributed by atoms with Crippen LogP contribution in [0.25, 0.3) is 10.9 Å². The summed E-state index contributed by atoms with van der Waals surface area (Å²) < 4.78 is 0. The van der Waals surface area contributed by atoms with Gasteiger partial charge in [0, 0.05) is 10.9 Å². The van der Waals surface area contributed by atoms with E-state index in [1.165, 1.54) is 0 Å². The molecule has 0 saturated carbocycles. The second kappa shape index (κ2) is 10.3. The second-order valence-corrected chi connectivity index (χ2v) is 9.25. The van der Waals surface area contributed by atoms with Crippen LogP contribution in [0.15, 0.2) is 115 Å². The molecule has 0 fully saturated rings. The first-order valence-corrected chi connectivity index (χ1v) is 12.3. The Morgan fingerprint density at radius 1 is 0.711 bits per heavy atom. The highest BCUT2D eigenvalue weighted by Gasteiger charge is 2.42. The topological polar surface area (TPSA) is 82.5 Å². The first-order chi connectivity index (χ1) is 18.4. The molecule has 6 heteroatoms. The molecule has 2 amide bonds. The van der Waals surface area contributed by atoms with E-state index in [1.807, 2.05) is 74.5 Å². The minimum absolute atomic E-state index is 0.223. The molecule has 0 radical (unpaired) electrons. The van der Waals surface area contributed by atoms with Gasteiger partial charge in [0.25, 0.3) is 11.8 Å². The number of pyridine rings is 1. The van der Waals surface area contributed by atoms with Gasteiger partial charge in [0.05, 0.1) is 5.52 Å². The first kappa shape index (κ1) is 24.9. The van der Waals surface area contributed by atoms with Gasteiger partial charge in [-0.15, -0.1) is 0 Å². The number of hydrazine groups is 1. The van der Waals surface area contributed by atoms with E-state index in [4.69, 9.17) is 0 Å². The van der Waals surface area contributed by atoms with Crippen LogP contribution in [0.5, 0.6) is 0 Å². The Labute approximate surface area is 221 Å². The summed E-state index contributed by atoms with van der Waals surface area (Å²) in [6.45, 7) is 3.86. The fraction of sp³-hybridized carbons (Fsp3) is 0.0938. The summed E-state index contributed by atoms with van der Waals surface area (Å²) in [4.78, 5) is 32.4. The first-order valence-electron chi connectivity index (χ1n) is 12.3. The summed E-state index contributed by atoms with van der Waals surface area (Å²) in [7, 11) is 0. The van der Waals surface area contributed by atoms with Crippen molar-refractivity contribution >= 4 is 28.5 Å². The summed E-state index contributed by atoms with van der Waals surface area (Å²) in [6, 6.07) is 33.8. The van der Waals surface area contributed by atoms with E-state index in [0.717, 1.165) is 21.5 Å². The third kappa shape index (κ3) is 4.77. The predicted octanol–water partition coefficient (Wildman–Crippen LogP) is 5.47. The summed E-state index contributed by atoms with van der Waals surface area (Å²) in [5.74, 6) is -1.05. The number of benzene rings is 4. The van der Waals surface area contributed by atoms with Crippen molar-refractivity contribution in [3.63, 3.8) is 0 Å². The van der Waals surface area contributed by atoms with E-state index < -0.39 is 17.4 Å². The fourth-order valence-electron chi connectivity index (χ4n) is 4.30. The Balaban J connectivity index is 1.61. The number of fused-ring (bicyclic) bond motifs is 1. The van der Waals surface area contributed by atoms with Crippen molar-refractivity contribution in [3.8, 4) is 0 Å². The van der Waals surface area contributed by atoms with Crippen LogP contribution in [0.2, 0.25) is 0 Å². The lowest BCUT2D eigenvalue weighted by atomic mass is 9.85. The van der Waals surface area contributed by atoms with Crippen molar-refractivity contribution in [2.45, 2.75) is 19.4 Å². The van der Waals surface area contributed by atoms with E-state index >= 15 is 0 Å². The van der Waals surface area contributed by atoms with E-state index in [0.29, 0.717) is 22.2 Å². The van der Waals surface area contributed by atoms with Gasteiger partial charge in [0.15, 0.2) is 11.4 Å². The number of amides is 2. The number of nitrogens with zero attached hydrogens (tertiary/aromatic N) is 2. The number of nitrogens with one attached hydrogen (secondary N) is 1. The molecule has 0 spiro atoms. The third-order valence-electron chi connectivity index (χ3n) is 6.52. The molecule has 0 saturated heterocycles. The second-order valence-electron chi connectivity index (χ2n) is 9.25. The number of aryl methyl sites for hydroxylation is 2. The molecule has 2 N–H and O–H groups in total. The van der Waals surface area contributed by atoms with Crippen LogP contribution in [0.3, 0.4) is 0 Å². The molecule has 0 aliphatic heterocycles. The van der Waals surface area contributed by atoms with Crippen molar-refractivity contribution in [2.24, 2.45) is 0 Å². The van der Waals surface area contributed by atoms with E-state index in [2.05, 4.69) is 10.4 Å². The normalized spacial score (nSPS) is 11.2. The van der Waals surface area contributed by atoms with Crippen LogP contribution < -0.4 is 10.4 Å². The molecular weight excluding hydrogens is 474 g/mol. The zero-order valence-corrected chi connectivity index (χ0v) is 21.1. The van der Waals surface area contributed by atoms with Gasteiger partial charge in [0.2, 0.25) is 0 Å². The Hall–Kier alpha value is -4.81. The van der Waals surface area contributed by atoms with Crippen molar-refractivity contribution in [1.82, 2.24) is 10.4 Å². The molecule has 188 valence electrons. The summed E-state index contributed by atoms with van der Waals surface area (Å²) >= 11 is 0. The van der Waals surface area contributed by atoms with Gasteiger partial charge >= 0.3 is 0 Å². The minimum atomic E-state index is -2.08. The van der Waals surface area contributed by atoms with Crippen LogP contribution in [0, 0.1) is 13.8 Å². The van der Waals surface area contributed by atoms with Crippen molar-refractivity contribution in [2.75, 3.05) is 5.01 Å².